The van der Waals surface area contributed by atoms with E-state index in [1.54, 1.807) is 0 Å². The number of benzene rings is 1. The predicted molar refractivity (Wildman–Crippen MR) is 93.3 cm³/mol. The van der Waals surface area contributed by atoms with Crippen LogP contribution in [0.2, 0.25) is 5.02 Å². The van der Waals surface area contributed by atoms with Crippen molar-refractivity contribution in [2.45, 2.75) is 58.5 Å². The minimum absolute atomic E-state index is 0.670. The van der Waals surface area contributed by atoms with Crippen molar-refractivity contribution in [2.24, 2.45) is 5.92 Å². The predicted octanol–water partition coefficient (Wildman–Crippen LogP) is 4.85. The van der Waals surface area contributed by atoms with Crippen LogP contribution in [-0.4, -0.2) is 19.6 Å². The summed E-state index contributed by atoms with van der Waals surface area (Å²) in [6, 6.07) is 7.17. The van der Waals surface area contributed by atoms with Crippen LogP contribution < -0.4 is 10.2 Å². The van der Waals surface area contributed by atoms with Crippen molar-refractivity contribution in [3.8, 4) is 0 Å². The van der Waals surface area contributed by atoms with Gasteiger partial charge in [-0.1, -0.05) is 37.9 Å². The summed E-state index contributed by atoms with van der Waals surface area (Å²) in [5, 5.41) is 4.21. The van der Waals surface area contributed by atoms with Crippen molar-refractivity contribution in [3.63, 3.8) is 0 Å². The Kier molecular flexibility index (Phi) is 6.38. The molecule has 3 heteroatoms. The third-order valence-electron chi connectivity index (χ3n) is 4.95. The van der Waals surface area contributed by atoms with E-state index < -0.39 is 0 Å². The summed E-state index contributed by atoms with van der Waals surface area (Å²) in [4.78, 5) is 2.43. The fraction of sp³-hybridized carbons (Fsp3) is 0.667. The Labute approximate surface area is 134 Å². The Morgan fingerprint density at radius 3 is 2.48 bits per heavy atom. The number of hydrogen-bond donors (Lipinski definition) is 1. The zero-order chi connectivity index (χ0) is 15.2. The van der Waals surface area contributed by atoms with Gasteiger partial charge in [-0.3, -0.25) is 0 Å². The van der Waals surface area contributed by atoms with Gasteiger partial charge in [0.05, 0.1) is 0 Å². The molecular weight excluding hydrogens is 280 g/mol. The van der Waals surface area contributed by atoms with E-state index in [9.17, 15) is 0 Å². The number of halogens is 1. The molecule has 1 aromatic rings. The second-order valence-corrected chi connectivity index (χ2v) is 6.66. The van der Waals surface area contributed by atoms with Gasteiger partial charge in [0.15, 0.2) is 0 Å². The van der Waals surface area contributed by atoms with Gasteiger partial charge in [-0.15, -0.1) is 0 Å². The zero-order valence-corrected chi connectivity index (χ0v) is 14.4. The van der Waals surface area contributed by atoms with Crippen molar-refractivity contribution in [1.29, 1.82) is 0 Å². The molecule has 1 saturated carbocycles. The molecule has 0 atom stereocenters. The van der Waals surface area contributed by atoms with E-state index in [1.807, 2.05) is 0 Å². The van der Waals surface area contributed by atoms with Crippen LogP contribution in [-0.2, 0) is 6.54 Å². The molecule has 1 aliphatic rings. The van der Waals surface area contributed by atoms with Crippen molar-refractivity contribution >= 4 is 17.3 Å². The van der Waals surface area contributed by atoms with Crippen molar-refractivity contribution in [1.82, 2.24) is 5.32 Å². The van der Waals surface area contributed by atoms with E-state index in [1.165, 1.54) is 43.4 Å². The first-order chi connectivity index (χ1) is 10.2. The third-order valence-corrected chi connectivity index (χ3v) is 5.30. The minimum Gasteiger partial charge on any atom is -0.372 e. The molecule has 0 aliphatic heterocycles. The van der Waals surface area contributed by atoms with Crippen molar-refractivity contribution in [3.05, 3.63) is 28.8 Å². The maximum absolute atomic E-state index is 6.43. The summed E-state index contributed by atoms with van der Waals surface area (Å²) in [6.45, 7) is 6.25. The van der Waals surface area contributed by atoms with Crippen LogP contribution >= 0.6 is 11.6 Å². The highest BCUT2D eigenvalue weighted by molar-refractivity contribution is 6.31. The average molecular weight is 309 g/mol. The zero-order valence-electron chi connectivity index (χ0n) is 13.7. The molecule has 2 nitrogen and oxygen atoms in total. The molecule has 1 aliphatic carbocycles. The van der Waals surface area contributed by atoms with Crippen LogP contribution in [0.25, 0.3) is 0 Å². The third kappa shape index (κ3) is 4.37. The van der Waals surface area contributed by atoms with E-state index in [0.717, 1.165) is 24.0 Å². The number of nitrogens with zero attached hydrogens (tertiary/aromatic N) is 1. The van der Waals surface area contributed by atoms with Gasteiger partial charge in [-0.05, 0) is 55.8 Å². The molecule has 1 aromatic carbocycles. The molecule has 1 N–H and O–H groups in total. The van der Waals surface area contributed by atoms with Gasteiger partial charge < -0.3 is 10.2 Å². The van der Waals surface area contributed by atoms with E-state index in [-0.39, 0.29) is 0 Å². The average Bonchev–Trinajstić information content (AvgIpc) is 2.53. The monoisotopic (exact) mass is 308 g/mol. The Hall–Kier alpha value is -0.730. The summed E-state index contributed by atoms with van der Waals surface area (Å²) in [6.07, 6.45) is 6.70. The summed E-state index contributed by atoms with van der Waals surface area (Å²) >= 11 is 6.43. The van der Waals surface area contributed by atoms with Crippen LogP contribution in [0.1, 0.15) is 51.5 Å². The molecule has 1 fully saturated rings. The highest BCUT2D eigenvalue weighted by Crippen LogP contribution is 2.32. The van der Waals surface area contributed by atoms with Crippen LogP contribution in [0.15, 0.2) is 18.2 Å². The maximum Gasteiger partial charge on any atom is 0.0471 e. The van der Waals surface area contributed by atoms with Gasteiger partial charge in [-0.25, -0.2) is 0 Å². The number of anilines is 1. The molecule has 0 radical (unpaired) electrons. The second kappa shape index (κ2) is 8.05. The first-order valence-corrected chi connectivity index (χ1v) is 8.75. The van der Waals surface area contributed by atoms with Gasteiger partial charge in [0.2, 0.25) is 0 Å². The van der Waals surface area contributed by atoms with E-state index in [2.05, 4.69) is 49.3 Å². The number of rotatable bonds is 6. The maximum atomic E-state index is 6.43. The van der Waals surface area contributed by atoms with Gasteiger partial charge in [0.1, 0.15) is 0 Å². The van der Waals surface area contributed by atoms with Crippen LogP contribution in [0, 0.1) is 5.92 Å². The van der Waals surface area contributed by atoms with Crippen LogP contribution in [0.4, 0.5) is 5.69 Å². The molecule has 2 rings (SSSR count). The molecule has 0 amide bonds. The summed E-state index contributed by atoms with van der Waals surface area (Å²) in [5.74, 6) is 0.945. The fourth-order valence-corrected chi connectivity index (χ4v) is 3.55. The Morgan fingerprint density at radius 2 is 1.90 bits per heavy atom. The molecule has 0 saturated heterocycles. The molecule has 21 heavy (non-hydrogen) atoms. The van der Waals surface area contributed by atoms with Gasteiger partial charge in [0.25, 0.3) is 0 Å². The standard InChI is InChI=1S/C18H29ClN2/c1-4-14-6-9-16(10-7-14)21(3)17-11-8-15(13-20-5-2)18(19)12-17/h8,11-12,14,16,20H,4-7,9-10,13H2,1-3H3. The van der Waals surface area contributed by atoms with Gasteiger partial charge in [0, 0.05) is 30.3 Å². The quantitative estimate of drug-likeness (QED) is 0.807. The van der Waals surface area contributed by atoms with Crippen LogP contribution in [0.5, 0.6) is 0 Å². The molecule has 0 bridgehead atoms. The Morgan fingerprint density at radius 1 is 1.19 bits per heavy atom. The van der Waals surface area contributed by atoms with Crippen molar-refractivity contribution in [2.75, 3.05) is 18.5 Å². The highest BCUT2D eigenvalue weighted by Gasteiger charge is 2.23. The molecule has 0 aromatic heterocycles. The molecule has 118 valence electrons. The smallest absolute Gasteiger partial charge is 0.0471 e. The normalized spacial score (nSPS) is 22.3. The topological polar surface area (TPSA) is 15.3 Å². The van der Waals surface area contributed by atoms with Crippen LogP contribution in [0.3, 0.4) is 0 Å². The lowest BCUT2D eigenvalue weighted by Crippen LogP contribution is -2.35. The Balaban J connectivity index is 1.99. The van der Waals surface area contributed by atoms with E-state index in [4.69, 9.17) is 11.6 Å². The number of nitrogens with one attached hydrogen (secondary N) is 1. The summed E-state index contributed by atoms with van der Waals surface area (Å²) in [7, 11) is 2.21. The van der Waals surface area contributed by atoms with Crippen molar-refractivity contribution < 1.29 is 0 Å². The SMILES string of the molecule is CCNCc1ccc(N(C)C2CCC(CC)CC2)cc1Cl. The number of hydrogen-bond acceptors (Lipinski definition) is 2. The lowest BCUT2D eigenvalue weighted by Gasteiger charge is -2.36. The summed E-state index contributed by atoms with van der Waals surface area (Å²) < 4.78 is 0. The molecule has 0 unspecified atom stereocenters. The van der Waals surface area contributed by atoms with Gasteiger partial charge in [-0.2, -0.15) is 0 Å². The van der Waals surface area contributed by atoms with E-state index in [0.29, 0.717) is 6.04 Å². The Bertz CT molecular complexity index is 439. The lowest BCUT2D eigenvalue weighted by atomic mass is 9.84. The first-order valence-electron chi connectivity index (χ1n) is 8.37. The second-order valence-electron chi connectivity index (χ2n) is 6.25. The lowest BCUT2D eigenvalue weighted by molar-refractivity contribution is 0.313. The first kappa shape index (κ1) is 16.6. The van der Waals surface area contributed by atoms with E-state index >= 15 is 0 Å². The molecule has 0 heterocycles. The largest absolute Gasteiger partial charge is 0.372 e. The summed E-state index contributed by atoms with van der Waals surface area (Å²) in [5.41, 5.74) is 2.44. The minimum atomic E-state index is 0.670. The highest BCUT2D eigenvalue weighted by atomic mass is 35.5. The molecular formula is C18H29ClN2. The van der Waals surface area contributed by atoms with Gasteiger partial charge >= 0.3 is 0 Å². The molecule has 0 spiro atoms. The fourth-order valence-electron chi connectivity index (χ4n) is 3.31.